The molecule has 1 N–H and O–H groups in total. The van der Waals surface area contributed by atoms with Gasteiger partial charge >= 0.3 is 0 Å². The van der Waals surface area contributed by atoms with Crippen molar-refractivity contribution >= 4 is 11.6 Å². The van der Waals surface area contributed by atoms with Crippen LogP contribution in [0.2, 0.25) is 0 Å². The topological polar surface area (TPSA) is 32.3 Å². The Bertz CT molecular complexity index is 456. The number of carbonyl (C=O) groups excluding carboxylic acids is 1. The third-order valence-corrected chi connectivity index (χ3v) is 4.42. The highest BCUT2D eigenvalue weighted by molar-refractivity contribution is 5.78. The van der Waals surface area contributed by atoms with Crippen molar-refractivity contribution in [2.45, 2.75) is 40.2 Å². The molecule has 0 spiro atoms. The Balaban J connectivity index is 2.10. The summed E-state index contributed by atoms with van der Waals surface area (Å²) in [5, 5.41) is 3.22. The van der Waals surface area contributed by atoms with Gasteiger partial charge in [-0.15, -0.1) is 0 Å². The minimum absolute atomic E-state index is 0.0506. The predicted molar refractivity (Wildman–Crippen MR) is 88.4 cm³/mol. The van der Waals surface area contributed by atoms with Crippen molar-refractivity contribution in [2.24, 2.45) is 17.8 Å². The molecule has 2 atom stereocenters. The SMILES string of the molecule is CC(C)C(=O)NC1CC(C(C)C)CN(c2ccccc2)C1. The molecule has 21 heavy (non-hydrogen) atoms. The van der Waals surface area contributed by atoms with E-state index in [9.17, 15) is 4.79 Å². The second kappa shape index (κ2) is 6.97. The number of carbonyl (C=O) groups is 1. The molecule has 1 aliphatic rings. The van der Waals surface area contributed by atoms with E-state index in [1.807, 2.05) is 19.9 Å². The van der Waals surface area contributed by atoms with Gasteiger partial charge in [-0.05, 0) is 30.4 Å². The summed E-state index contributed by atoms with van der Waals surface area (Å²) >= 11 is 0. The Morgan fingerprint density at radius 1 is 1.14 bits per heavy atom. The molecule has 1 saturated heterocycles. The smallest absolute Gasteiger partial charge is 0.222 e. The molecule has 0 radical (unpaired) electrons. The first kappa shape index (κ1) is 15.9. The van der Waals surface area contributed by atoms with Crippen LogP contribution in [0, 0.1) is 17.8 Å². The zero-order valence-corrected chi connectivity index (χ0v) is 13.7. The van der Waals surface area contributed by atoms with Crippen LogP contribution in [0.1, 0.15) is 34.1 Å². The van der Waals surface area contributed by atoms with Crippen molar-refractivity contribution in [3.05, 3.63) is 30.3 Å². The quantitative estimate of drug-likeness (QED) is 0.922. The van der Waals surface area contributed by atoms with Gasteiger partial charge in [0.25, 0.3) is 0 Å². The van der Waals surface area contributed by atoms with Crippen LogP contribution in [0.15, 0.2) is 30.3 Å². The Morgan fingerprint density at radius 2 is 1.81 bits per heavy atom. The summed E-state index contributed by atoms with van der Waals surface area (Å²) in [5.74, 6) is 1.47. The van der Waals surface area contributed by atoms with E-state index >= 15 is 0 Å². The van der Waals surface area contributed by atoms with Gasteiger partial charge < -0.3 is 10.2 Å². The van der Waals surface area contributed by atoms with Crippen LogP contribution in [0.25, 0.3) is 0 Å². The Morgan fingerprint density at radius 3 is 2.38 bits per heavy atom. The van der Waals surface area contributed by atoms with Crippen molar-refractivity contribution in [3.63, 3.8) is 0 Å². The van der Waals surface area contributed by atoms with Gasteiger partial charge in [0.2, 0.25) is 5.91 Å². The first-order valence-electron chi connectivity index (χ1n) is 8.07. The van der Waals surface area contributed by atoms with E-state index in [0.717, 1.165) is 19.5 Å². The lowest BCUT2D eigenvalue weighted by Crippen LogP contribution is -2.52. The third-order valence-electron chi connectivity index (χ3n) is 4.42. The van der Waals surface area contributed by atoms with Crippen LogP contribution in [0.3, 0.4) is 0 Å². The maximum Gasteiger partial charge on any atom is 0.222 e. The fourth-order valence-corrected chi connectivity index (χ4v) is 2.94. The lowest BCUT2D eigenvalue weighted by molar-refractivity contribution is -0.124. The van der Waals surface area contributed by atoms with E-state index in [0.29, 0.717) is 11.8 Å². The average Bonchev–Trinajstić information content (AvgIpc) is 2.47. The number of amides is 1. The van der Waals surface area contributed by atoms with Gasteiger partial charge in [0.15, 0.2) is 0 Å². The fourth-order valence-electron chi connectivity index (χ4n) is 2.94. The van der Waals surface area contributed by atoms with Crippen LogP contribution >= 0.6 is 0 Å². The Kier molecular flexibility index (Phi) is 5.27. The molecule has 3 nitrogen and oxygen atoms in total. The monoisotopic (exact) mass is 288 g/mol. The number of hydrogen-bond donors (Lipinski definition) is 1. The third kappa shape index (κ3) is 4.23. The van der Waals surface area contributed by atoms with E-state index in [-0.39, 0.29) is 17.9 Å². The summed E-state index contributed by atoms with van der Waals surface area (Å²) in [4.78, 5) is 14.4. The second-order valence-electron chi connectivity index (χ2n) is 6.84. The molecule has 0 aromatic heterocycles. The van der Waals surface area contributed by atoms with Gasteiger partial charge in [0.1, 0.15) is 0 Å². The molecule has 0 aliphatic carbocycles. The lowest BCUT2D eigenvalue weighted by atomic mass is 9.85. The number of anilines is 1. The van der Waals surface area contributed by atoms with Crippen LogP contribution in [0.5, 0.6) is 0 Å². The molecular formula is C18H28N2O. The predicted octanol–water partition coefficient (Wildman–Crippen LogP) is 3.31. The second-order valence-corrected chi connectivity index (χ2v) is 6.84. The van der Waals surface area contributed by atoms with Crippen molar-refractivity contribution in [3.8, 4) is 0 Å². The maximum absolute atomic E-state index is 12.0. The summed E-state index contributed by atoms with van der Waals surface area (Å²) in [6, 6.07) is 10.8. The number of nitrogens with one attached hydrogen (secondary N) is 1. The first-order valence-corrected chi connectivity index (χ1v) is 8.07. The van der Waals surface area contributed by atoms with Gasteiger partial charge in [-0.3, -0.25) is 4.79 Å². The maximum atomic E-state index is 12.0. The van der Waals surface area contributed by atoms with Crippen molar-refractivity contribution < 1.29 is 4.79 Å². The highest BCUT2D eigenvalue weighted by Gasteiger charge is 2.30. The first-order chi connectivity index (χ1) is 9.97. The molecular weight excluding hydrogens is 260 g/mol. The number of para-hydroxylation sites is 1. The summed E-state index contributed by atoms with van der Waals surface area (Å²) in [6.07, 6.45) is 1.08. The van der Waals surface area contributed by atoms with Gasteiger partial charge in [-0.2, -0.15) is 0 Å². The van der Waals surface area contributed by atoms with Gasteiger partial charge in [-0.25, -0.2) is 0 Å². The molecule has 0 bridgehead atoms. The largest absolute Gasteiger partial charge is 0.369 e. The van der Waals surface area contributed by atoms with E-state index in [4.69, 9.17) is 0 Å². The Hall–Kier alpha value is -1.51. The van der Waals surface area contributed by atoms with Crippen molar-refractivity contribution in [1.82, 2.24) is 5.32 Å². The average molecular weight is 288 g/mol. The molecule has 116 valence electrons. The van der Waals surface area contributed by atoms with E-state index < -0.39 is 0 Å². The molecule has 1 aromatic rings. The summed E-state index contributed by atoms with van der Waals surface area (Å²) < 4.78 is 0. The highest BCUT2D eigenvalue weighted by atomic mass is 16.1. The lowest BCUT2D eigenvalue weighted by Gasteiger charge is -2.41. The molecule has 2 rings (SSSR count). The molecule has 1 aromatic carbocycles. The molecule has 2 unspecified atom stereocenters. The van der Waals surface area contributed by atoms with Crippen LogP contribution in [0.4, 0.5) is 5.69 Å². The normalized spacial score (nSPS) is 22.7. The van der Waals surface area contributed by atoms with Gasteiger partial charge in [0, 0.05) is 30.7 Å². The Labute approximate surface area is 128 Å². The van der Waals surface area contributed by atoms with Gasteiger partial charge in [0.05, 0.1) is 0 Å². The molecule has 1 aliphatic heterocycles. The fraction of sp³-hybridized carbons (Fsp3) is 0.611. The zero-order chi connectivity index (χ0) is 15.4. The summed E-state index contributed by atoms with van der Waals surface area (Å²) in [5.41, 5.74) is 1.26. The molecule has 0 saturated carbocycles. The van der Waals surface area contributed by atoms with Crippen LogP contribution in [-0.2, 0) is 4.79 Å². The standard InChI is InChI=1S/C18H28N2O/c1-13(2)15-10-16(19-18(21)14(3)4)12-20(11-15)17-8-6-5-7-9-17/h5-9,13-16H,10-12H2,1-4H3,(H,19,21). The van der Waals surface area contributed by atoms with Crippen molar-refractivity contribution in [2.75, 3.05) is 18.0 Å². The van der Waals surface area contributed by atoms with E-state index in [1.165, 1.54) is 5.69 Å². The summed E-state index contributed by atoms with van der Waals surface area (Å²) in [6.45, 7) is 10.4. The minimum Gasteiger partial charge on any atom is -0.369 e. The number of rotatable bonds is 4. The number of benzene rings is 1. The highest BCUT2D eigenvalue weighted by Crippen LogP contribution is 2.27. The van der Waals surface area contributed by atoms with Crippen LogP contribution < -0.4 is 10.2 Å². The number of nitrogens with zero attached hydrogens (tertiary/aromatic N) is 1. The molecule has 1 heterocycles. The van der Waals surface area contributed by atoms with Crippen LogP contribution in [-0.4, -0.2) is 25.0 Å². The number of piperidine rings is 1. The number of hydrogen-bond acceptors (Lipinski definition) is 2. The molecule has 1 fully saturated rings. The summed E-state index contributed by atoms with van der Waals surface area (Å²) in [7, 11) is 0. The zero-order valence-electron chi connectivity index (χ0n) is 13.7. The molecule has 1 amide bonds. The van der Waals surface area contributed by atoms with Crippen molar-refractivity contribution in [1.29, 1.82) is 0 Å². The van der Waals surface area contributed by atoms with E-state index in [1.54, 1.807) is 0 Å². The van der Waals surface area contributed by atoms with E-state index in [2.05, 4.69) is 48.3 Å². The minimum atomic E-state index is 0.0506. The molecule has 3 heteroatoms. The van der Waals surface area contributed by atoms with Gasteiger partial charge in [-0.1, -0.05) is 45.9 Å².